The SMILES string of the molecule is O=C(Nc1ccccc1)Nc1cccc(C2CCCN(c3ncnc4[nH]ccc34)C2)n1. The van der Waals surface area contributed by atoms with E-state index < -0.39 is 0 Å². The van der Waals surface area contributed by atoms with Gasteiger partial charge >= 0.3 is 6.03 Å². The lowest BCUT2D eigenvalue weighted by Crippen LogP contribution is -2.35. The van der Waals surface area contributed by atoms with Gasteiger partial charge in [-0.3, -0.25) is 5.32 Å². The van der Waals surface area contributed by atoms with Crippen LogP contribution in [0.4, 0.5) is 22.1 Å². The van der Waals surface area contributed by atoms with Crippen molar-refractivity contribution in [2.75, 3.05) is 28.6 Å². The molecular formula is C23H23N7O. The molecule has 156 valence electrons. The Morgan fingerprint density at radius 3 is 2.84 bits per heavy atom. The van der Waals surface area contributed by atoms with Gasteiger partial charge in [0.15, 0.2) is 0 Å². The van der Waals surface area contributed by atoms with E-state index in [9.17, 15) is 4.79 Å². The Bertz CT molecular complexity index is 1190. The molecular weight excluding hydrogens is 390 g/mol. The molecule has 8 heteroatoms. The fraction of sp³-hybridized carbons (Fsp3) is 0.217. The summed E-state index contributed by atoms with van der Waals surface area (Å²) in [5.74, 6) is 1.75. The summed E-state index contributed by atoms with van der Waals surface area (Å²) in [5, 5.41) is 6.68. The van der Waals surface area contributed by atoms with E-state index in [1.54, 1.807) is 6.33 Å². The Labute approximate surface area is 179 Å². The van der Waals surface area contributed by atoms with E-state index >= 15 is 0 Å². The van der Waals surface area contributed by atoms with Crippen LogP contribution >= 0.6 is 0 Å². The van der Waals surface area contributed by atoms with Gasteiger partial charge in [-0.2, -0.15) is 0 Å². The first kappa shape index (κ1) is 19.0. The smallest absolute Gasteiger partial charge is 0.324 e. The maximum atomic E-state index is 12.3. The molecule has 0 radical (unpaired) electrons. The van der Waals surface area contributed by atoms with Gasteiger partial charge < -0.3 is 15.2 Å². The Morgan fingerprint density at radius 1 is 1.03 bits per heavy atom. The summed E-state index contributed by atoms with van der Waals surface area (Å²) in [6.07, 6.45) is 5.59. The van der Waals surface area contributed by atoms with Crippen molar-refractivity contribution >= 4 is 34.4 Å². The third-order valence-corrected chi connectivity index (χ3v) is 5.52. The summed E-state index contributed by atoms with van der Waals surface area (Å²) in [7, 11) is 0. The quantitative estimate of drug-likeness (QED) is 0.461. The number of rotatable bonds is 4. The third-order valence-electron chi connectivity index (χ3n) is 5.52. The number of anilines is 3. The molecule has 4 heterocycles. The maximum Gasteiger partial charge on any atom is 0.324 e. The highest BCUT2D eigenvalue weighted by atomic mass is 16.2. The van der Waals surface area contributed by atoms with Gasteiger partial charge in [0, 0.05) is 36.6 Å². The van der Waals surface area contributed by atoms with E-state index in [0.29, 0.717) is 5.82 Å². The zero-order valence-electron chi connectivity index (χ0n) is 17.0. The summed E-state index contributed by atoms with van der Waals surface area (Å²) < 4.78 is 0. The minimum absolute atomic E-state index is 0.261. The molecule has 1 aromatic carbocycles. The maximum absolute atomic E-state index is 12.3. The Balaban J connectivity index is 1.30. The molecule has 3 aromatic heterocycles. The number of pyridine rings is 1. The van der Waals surface area contributed by atoms with Crippen LogP contribution in [0, 0.1) is 0 Å². The van der Waals surface area contributed by atoms with Crippen LogP contribution in [0.1, 0.15) is 24.5 Å². The first-order valence-corrected chi connectivity index (χ1v) is 10.4. The summed E-state index contributed by atoms with van der Waals surface area (Å²) >= 11 is 0. The molecule has 8 nitrogen and oxygen atoms in total. The number of hydrogen-bond acceptors (Lipinski definition) is 5. The van der Waals surface area contributed by atoms with Crippen molar-refractivity contribution in [3.05, 3.63) is 72.8 Å². The lowest BCUT2D eigenvalue weighted by Gasteiger charge is -2.33. The first-order valence-electron chi connectivity index (χ1n) is 10.4. The van der Waals surface area contributed by atoms with Gasteiger partial charge in [0.05, 0.1) is 5.39 Å². The van der Waals surface area contributed by atoms with Gasteiger partial charge in [-0.15, -0.1) is 0 Å². The monoisotopic (exact) mass is 413 g/mol. The summed E-state index contributed by atoms with van der Waals surface area (Å²) in [6, 6.07) is 16.8. The van der Waals surface area contributed by atoms with E-state index in [-0.39, 0.29) is 11.9 Å². The number of fused-ring (bicyclic) bond motifs is 1. The minimum atomic E-state index is -0.308. The molecule has 3 N–H and O–H groups in total. The standard InChI is InChI=1S/C23H23N7O/c31-23(27-17-7-2-1-3-8-17)29-20-10-4-9-19(28-20)16-6-5-13-30(14-16)22-18-11-12-24-21(18)25-15-26-22/h1-4,7-12,15-16H,5-6,13-14H2,(H,24,25,26)(H2,27,28,29,31). The van der Waals surface area contributed by atoms with Crippen LogP contribution in [0.3, 0.4) is 0 Å². The molecule has 1 fully saturated rings. The molecule has 1 atom stereocenters. The largest absolute Gasteiger partial charge is 0.355 e. The van der Waals surface area contributed by atoms with Crippen molar-refractivity contribution in [3.8, 4) is 0 Å². The molecule has 1 saturated heterocycles. The van der Waals surface area contributed by atoms with Gasteiger partial charge in [0.1, 0.15) is 23.6 Å². The van der Waals surface area contributed by atoms with Crippen LogP contribution in [-0.2, 0) is 0 Å². The number of para-hydroxylation sites is 1. The fourth-order valence-electron chi connectivity index (χ4n) is 4.07. The molecule has 2 amide bonds. The number of benzene rings is 1. The molecule has 0 spiro atoms. The van der Waals surface area contributed by atoms with Crippen molar-refractivity contribution in [3.63, 3.8) is 0 Å². The van der Waals surface area contributed by atoms with Gasteiger partial charge in [-0.05, 0) is 43.2 Å². The second-order valence-electron chi connectivity index (χ2n) is 7.62. The number of urea groups is 1. The van der Waals surface area contributed by atoms with Crippen molar-refractivity contribution < 1.29 is 4.79 Å². The van der Waals surface area contributed by atoms with Crippen LogP contribution in [0.25, 0.3) is 11.0 Å². The second kappa shape index (κ2) is 8.43. The summed E-state index contributed by atoms with van der Waals surface area (Å²) in [5.41, 5.74) is 2.56. The number of nitrogens with zero attached hydrogens (tertiary/aromatic N) is 4. The van der Waals surface area contributed by atoms with Crippen LogP contribution in [0.2, 0.25) is 0 Å². The zero-order valence-corrected chi connectivity index (χ0v) is 17.0. The van der Waals surface area contributed by atoms with Crippen molar-refractivity contribution in [1.82, 2.24) is 19.9 Å². The Hall–Kier alpha value is -3.94. The highest BCUT2D eigenvalue weighted by Gasteiger charge is 2.25. The fourth-order valence-corrected chi connectivity index (χ4v) is 4.07. The molecule has 0 aliphatic carbocycles. The number of carbonyl (C=O) groups is 1. The number of H-pyrrole nitrogens is 1. The van der Waals surface area contributed by atoms with E-state index in [2.05, 4.69) is 30.5 Å². The van der Waals surface area contributed by atoms with Crippen LogP contribution in [-0.4, -0.2) is 39.1 Å². The van der Waals surface area contributed by atoms with Gasteiger partial charge in [0.25, 0.3) is 0 Å². The number of piperidine rings is 1. The molecule has 31 heavy (non-hydrogen) atoms. The van der Waals surface area contributed by atoms with Crippen LogP contribution in [0.5, 0.6) is 0 Å². The van der Waals surface area contributed by atoms with Crippen molar-refractivity contribution in [2.24, 2.45) is 0 Å². The highest BCUT2D eigenvalue weighted by Crippen LogP contribution is 2.31. The lowest BCUT2D eigenvalue weighted by atomic mass is 9.94. The molecule has 1 aliphatic rings. The number of aromatic nitrogens is 4. The van der Waals surface area contributed by atoms with Crippen LogP contribution < -0.4 is 15.5 Å². The molecule has 1 unspecified atom stereocenters. The van der Waals surface area contributed by atoms with Gasteiger partial charge in [-0.25, -0.2) is 19.7 Å². The summed E-state index contributed by atoms with van der Waals surface area (Å²) in [4.78, 5) is 31.3. The lowest BCUT2D eigenvalue weighted by molar-refractivity contribution is 0.262. The van der Waals surface area contributed by atoms with E-state index in [1.165, 1.54) is 0 Å². The van der Waals surface area contributed by atoms with E-state index in [0.717, 1.165) is 54.2 Å². The second-order valence-corrected chi connectivity index (χ2v) is 7.62. The Kier molecular flexibility index (Phi) is 5.18. The number of hydrogen-bond donors (Lipinski definition) is 3. The first-order chi connectivity index (χ1) is 15.3. The molecule has 1 aliphatic heterocycles. The van der Waals surface area contributed by atoms with E-state index in [1.807, 2.05) is 60.8 Å². The normalized spacial score (nSPS) is 16.3. The van der Waals surface area contributed by atoms with Crippen molar-refractivity contribution in [2.45, 2.75) is 18.8 Å². The molecule has 5 rings (SSSR count). The summed E-state index contributed by atoms with van der Waals surface area (Å²) in [6.45, 7) is 1.77. The average molecular weight is 413 g/mol. The predicted molar refractivity (Wildman–Crippen MR) is 121 cm³/mol. The van der Waals surface area contributed by atoms with Gasteiger partial charge in [-0.1, -0.05) is 24.3 Å². The predicted octanol–water partition coefficient (Wildman–Crippen LogP) is 4.38. The highest BCUT2D eigenvalue weighted by molar-refractivity contribution is 5.99. The van der Waals surface area contributed by atoms with E-state index in [4.69, 9.17) is 4.98 Å². The van der Waals surface area contributed by atoms with Crippen molar-refractivity contribution in [1.29, 1.82) is 0 Å². The van der Waals surface area contributed by atoms with Crippen LogP contribution in [0.15, 0.2) is 67.1 Å². The zero-order chi connectivity index (χ0) is 21.0. The number of amides is 2. The number of carbonyl (C=O) groups excluding carboxylic acids is 1. The van der Waals surface area contributed by atoms with Gasteiger partial charge in [0.2, 0.25) is 0 Å². The Morgan fingerprint density at radius 2 is 1.94 bits per heavy atom. The molecule has 0 saturated carbocycles. The minimum Gasteiger partial charge on any atom is -0.355 e. The number of nitrogens with one attached hydrogen (secondary N) is 3. The number of aromatic amines is 1. The molecule has 4 aromatic rings. The molecule has 0 bridgehead atoms. The topological polar surface area (TPSA) is 98.8 Å². The average Bonchev–Trinajstić information content (AvgIpc) is 3.29. The third kappa shape index (κ3) is 4.18.